The lowest BCUT2D eigenvalue weighted by molar-refractivity contribution is -0.137. The summed E-state index contributed by atoms with van der Waals surface area (Å²) in [6.07, 6.45) is 1.29. The second kappa shape index (κ2) is 8.94. The predicted octanol–water partition coefficient (Wildman–Crippen LogP) is 1.98. The van der Waals surface area contributed by atoms with Crippen LogP contribution in [0.15, 0.2) is 35.6 Å². The van der Waals surface area contributed by atoms with Gasteiger partial charge >= 0.3 is 0 Å². The van der Waals surface area contributed by atoms with Gasteiger partial charge in [0.05, 0.1) is 24.1 Å². The molecule has 3 aliphatic rings. The number of benzene rings is 1. The molecule has 2 aliphatic heterocycles. The molecule has 5 unspecified atom stereocenters. The number of ether oxygens (including phenoxy) is 3. The van der Waals surface area contributed by atoms with Crippen molar-refractivity contribution in [2.45, 2.75) is 38.8 Å². The molecule has 8 heteroatoms. The number of primary amides is 1. The Labute approximate surface area is 187 Å². The van der Waals surface area contributed by atoms with E-state index >= 15 is 0 Å². The second-order valence-electron chi connectivity index (χ2n) is 9.01. The molecule has 0 spiro atoms. The molecular weight excluding hydrogens is 412 g/mol. The van der Waals surface area contributed by atoms with Gasteiger partial charge < -0.3 is 24.8 Å². The van der Waals surface area contributed by atoms with Crippen LogP contribution in [0.5, 0.6) is 5.75 Å². The highest BCUT2D eigenvalue weighted by atomic mass is 16.5. The van der Waals surface area contributed by atoms with E-state index in [2.05, 4.69) is 13.8 Å². The third-order valence-electron chi connectivity index (χ3n) is 6.92. The van der Waals surface area contributed by atoms with E-state index in [4.69, 9.17) is 19.9 Å². The predicted molar refractivity (Wildman–Crippen MR) is 115 cm³/mol. The second-order valence-corrected chi connectivity index (χ2v) is 9.01. The van der Waals surface area contributed by atoms with Gasteiger partial charge in [0, 0.05) is 13.7 Å². The van der Waals surface area contributed by atoms with Gasteiger partial charge in [-0.1, -0.05) is 26.0 Å². The Kier molecular flexibility index (Phi) is 6.24. The van der Waals surface area contributed by atoms with Crippen molar-refractivity contribution in [2.24, 2.45) is 23.5 Å². The van der Waals surface area contributed by atoms with Crippen molar-refractivity contribution >= 4 is 17.6 Å². The Hall–Kier alpha value is -2.87. The van der Waals surface area contributed by atoms with E-state index in [1.54, 1.807) is 36.3 Å². The van der Waals surface area contributed by atoms with Gasteiger partial charge in [-0.25, -0.2) is 0 Å². The van der Waals surface area contributed by atoms with Crippen LogP contribution in [0, 0.1) is 17.8 Å². The van der Waals surface area contributed by atoms with E-state index in [9.17, 15) is 14.4 Å². The minimum Gasteiger partial charge on any atom is -0.484 e. The van der Waals surface area contributed by atoms with Crippen molar-refractivity contribution in [3.63, 3.8) is 0 Å². The maximum absolute atomic E-state index is 13.7. The molecule has 1 aromatic carbocycles. The summed E-state index contributed by atoms with van der Waals surface area (Å²) in [6.45, 7) is 4.81. The zero-order valence-electron chi connectivity index (χ0n) is 18.7. The monoisotopic (exact) mass is 442 g/mol. The van der Waals surface area contributed by atoms with E-state index in [1.807, 2.05) is 0 Å². The number of hydrogen-bond donors (Lipinski definition) is 1. The molecule has 0 bridgehead atoms. The van der Waals surface area contributed by atoms with Gasteiger partial charge in [-0.05, 0) is 42.4 Å². The molecule has 32 heavy (non-hydrogen) atoms. The summed E-state index contributed by atoms with van der Waals surface area (Å²) in [5.41, 5.74) is 6.35. The molecule has 2 N–H and O–H groups in total. The number of carbonyl (C=O) groups is 3. The molecule has 2 amide bonds. The average molecular weight is 443 g/mol. The largest absolute Gasteiger partial charge is 0.484 e. The number of rotatable bonds is 7. The highest BCUT2D eigenvalue weighted by Crippen LogP contribution is 2.48. The van der Waals surface area contributed by atoms with Gasteiger partial charge in [0.2, 0.25) is 0 Å². The molecule has 1 aromatic rings. The topological polar surface area (TPSA) is 108 Å². The Bertz CT molecular complexity index is 940. The van der Waals surface area contributed by atoms with Crippen molar-refractivity contribution in [1.29, 1.82) is 0 Å². The number of Topliss-reactive ketones (excluding diaryl/α,β-unsaturated/α-hetero) is 1. The minimum absolute atomic E-state index is 0.0160. The van der Waals surface area contributed by atoms with E-state index in [1.165, 1.54) is 0 Å². The number of fused-ring (bicyclic) bond motifs is 1. The lowest BCUT2D eigenvalue weighted by Gasteiger charge is -2.40. The number of amides is 2. The number of ketones is 1. The molecule has 5 atom stereocenters. The number of nitrogens with two attached hydrogens (primary N) is 1. The summed E-state index contributed by atoms with van der Waals surface area (Å²) >= 11 is 0. The molecule has 1 fully saturated rings. The number of carbonyl (C=O) groups excluding carboxylic acids is 3. The molecule has 8 nitrogen and oxygen atoms in total. The first-order valence-electron chi connectivity index (χ1n) is 11.1. The average Bonchev–Trinajstić information content (AvgIpc) is 3.04. The fourth-order valence-corrected chi connectivity index (χ4v) is 4.98. The third kappa shape index (κ3) is 3.99. The summed E-state index contributed by atoms with van der Waals surface area (Å²) < 4.78 is 16.8. The maximum Gasteiger partial charge on any atom is 0.290 e. The Morgan fingerprint density at radius 1 is 1.16 bits per heavy atom. The van der Waals surface area contributed by atoms with Crippen LogP contribution in [0.2, 0.25) is 0 Å². The smallest absolute Gasteiger partial charge is 0.290 e. The Balaban J connectivity index is 1.67. The molecule has 1 saturated carbocycles. The minimum atomic E-state index is -0.563. The molecule has 1 aliphatic carbocycles. The number of nitrogens with zero attached hydrogens (tertiary/aromatic N) is 1. The SMILES string of the molecule is COCCN1C(=O)C2=C(C(=O)C3CC(C)C(C)CC3O2)C1c1ccc(OCC(N)=O)cc1. The molecule has 0 radical (unpaired) electrons. The lowest BCUT2D eigenvalue weighted by atomic mass is 9.70. The van der Waals surface area contributed by atoms with Gasteiger partial charge in [-0.15, -0.1) is 0 Å². The van der Waals surface area contributed by atoms with Crippen molar-refractivity contribution in [3.05, 3.63) is 41.2 Å². The summed E-state index contributed by atoms with van der Waals surface area (Å²) in [6, 6.07) is 6.47. The highest BCUT2D eigenvalue weighted by Gasteiger charge is 2.53. The van der Waals surface area contributed by atoms with Crippen LogP contribution >= 0.6 is 0 Å². The molecular formula is C24H30N2O6. The van der Waals surface area contributed by atoms with Crippen LogP contribution in [0.25, 0.3) is 0 Å². The zero-order chi connectivity index (χ0) is 23.0. The maximum atomic E-state index is 13.7. The fourth-order valence-electron chi connectivity index (χ4n) is 4.98. The fraction of sp³-hybridized carbons (Fsp3) is 0.542. The van der Waals surface area contributed by atoms with Gasteiger partial charge in [0.15, 0.2) is 18.1 Å². The van der Waals surface area contributed by atoms with Gasteiger partial charge in [0.1, 0.15) is 11.9 Å². The summed E-state index contributed by atoms with van der Waals surface area (Å²) in [5, 5.41) is 0. The van der Waals surface area contributed by atoms with Crippen LogP contribution in [0.4, 0.5) is 0 Å². The molecule has 0 aromatic heterocycles. The first-order valence-corrected chi connectivity index (χ1v) is 11.1. The number of hydrogen-bond acceptors (Lipinski definition) is 6. The zero-order valence-corrected chi connectivity index (χ0v) is 18.7. The van der Waals surface area contributed by atoms with E-state index in [-0.39, 0.29) is 36.1 Å². The Morgan fingerprint density at radius 3 is 2.50 bits per heavy atom. The van der Waals surface area contributed by atoms with E-state index in [0.29, 0.717) is 36.3 Å². The molecule has 172 valence electrons. The first-order chi connectivity index (χ1) is 15.3. The quantitative estimate of drug-likeness (QED) is 0.692. The van der Waals surface area contributed by atoms with Gasteiger partial charge in [-0.2, -0.15) is 0 Å². The summed E-state index contributed by atoms with van der Waals surface area (Å²) in [4.78, 5) is 39.6. The van der Waals surface area contributed by atoms with Crippen molar-refractivity contribution < 1.29 is 28.6 Å². The van der Waals surface area contributed by atoms with E-state index < -0.39 is 11.9 Å². The van der Waals surface area contributed by atoms with Gasteiger partial charge in [-0.3, -0.25) is 14.4 Å². The van der Waals surface area contributed by atoms with E-state index in [0.717, 1.165) is 18.4 Å². The van der Waals surface area contributed by atoms with Crippen LogP contribution < -0.4 is 10.5 Å². The lowest BCUT2D eigenvalue weighted by Crippen LogP contribution is -2.43. The summed E-state index contributed by atoms with van der Waals surface area (Å²) in [5.74, 6) is 0.492. The van der Waals surface area contributed by atoms with Crippen molar-refractivity contribution in [2.75, 3.05) is 26.9 Å². The number of methoxy groups -OCH3 is 1. The summed E-state index contributed by atoms with van der Waals surface area (Å²) in [7, 11) is 1.58. The Morgan fingerprint density at radius 2 is 1.84 bits per heavy atom. The van der Waals surface area contributed by atoms with Crippen LogP contribution in [0.1, 0.15) is 38.3 Å². The van der Waals surface area contributed by atoms with Crippen molar-refractivity contribution in [3.8, 4) is 5.75 Å². The third-order valence-corrected chi connectivity index (χ3v) is 6.92. The molecule has 2 heterocycles. The standard InChI is InChI=1S/C24H30N2O6/c1-13-10-17-18(11-14(13)2)32-23-20(22(17)28)21(26(24(23)29)8-9-30-3)15-4-6-16(7-5-15)31-12-19(25)27/h4-7,13-14,17-18,21H,8-12H2,1-3H3,(H2,25,27). The van der Waals surface area contributed by atoms with Gasteiger partial charge in [0.25, 0.3) is 11.8 Å². The highest BCUT2D eigenvalue weighted by molar-refractivity contribution is 6.11. The van der Waals surface area contributed by atoms with Crippen molar-refractivity contribution in [1.82, 2.24) is 4.90 Å². The normalized spacial score (nSPS) is 29.5. The molecule has 4 rings (SSSR count). The first kappa shape index (κ1) is 22.3. The van der Waals surface area contributed by atoms with Crippen LogP contribution in [0.3, 0.4) is 0 Å². The molecule has 0 saturated heterocycles. The van der Waals surface area contributed by atoms with Crippen LogP contribution in [-0.2, 0) is 23.9 Å². The van der Waals surface area contributed by atoms with Crippen LogP contribution in [-0.4, -0.2) is 55.5 Å².